The molecule has 2 atom stereocenters. The van der Waals surface area contributed by atoms with Crippen molar-refractivity contribution in [1.29, 1.82) is 0 Å². The first-order valence-corrected chi connectivity index (χ1v) is 7.65. The molecule has 0 aliphatic carbocycles. The fourth-order valence-corrected chi connectivity index (χ4v) is 3.30. The van der Waals surface area contributed by atoms with Crippen molar-refractivity contribution < 1.29 is 14.3 Å². The van der Waals surface area contributed by atoms with E-state index < -0.39 is 6.03 Å². The lowest BCUT2D eigenvalue weighted by Gasteiger charge is -2.32. The van der Waals surface area contributed by atoms with Gasteiger partial charge in [0, 0.05) is 16.9 Å². The van der Waals surface area contributed by atoms with Gasteiger partial charge in [-0.15, -0.1) is 11.3 Å². The highest BCUT2D eigenvalue weighted by Crippen LogP contribution is 2.41. The van der Waals surface area contributed by atoms with Gasteiger partial charge in [0.15, 0.2) is 0 Å². The third kappa shape index (κ3) is 2.99. The number of urea groups is 1. The van der Waals surface area contributed by atoms with Gasteiger partial charge in [0.1, 0.15) is 19.7 Å². The number of hydrogen-bond donors (Lipinski definition) is 2. The summed E-state index contributed by atoms with van der Waals surface area (Å²) < 4.78 is 6.02. The van der Waals surface area contributed by atoms with E-state index in [1.165, 1.54) is 0 Å². The Kier molecular flexibility index (Phi) is 4.15. The number of thiophene rings is 1. The van der Waals surface area contributed by atoms with Gasteiger partial charge in [0.05, 0.1) is 6.04 Å². The molecule has 2 aromatic rings. The standard InChI is InChI=1S/C15H13BN2O3S/c16-9-3-4-12-10(6-9)11(18-15(20)17-8-19)7-13(21-12)14-2-1-5-22-14/h1-6,8,11,13H,7H2,(H2,17,18,19,20). The highest BCUT2D eigenvalue weighted by atomic mass is 32.1. The minimum atomic E-state index is -0.541. The number of benzene rings is 1. The van der Waals surface area contributed by atoms with E-state index in [1.807, 2.05) is 17.5 Å². The summed E-state index contributed by atoms with van der Waals surface area (Å²) in [5.74, 6) is 0.690. The van der Waals surface area contributed by atoms with Crippen LogP contribution in [0.1, 0.15) is 29.0 Å². The quantitative estimate of drug-likeness (QED) is 0.668. The molecule has 110 valence electrons. The number of carbonyl (C=O) groups is 2. The number of amides is 3. The van der Waals surface area contributed by atoms with Crippen molar-refractivity contribution >= 4 is 37.1 Å². The van der Waals surface area contributed by atoms with Gasteiger partial charge in [-0.1, -0.05) is 23.7 Å². The molecule has 5 nitrogen and oxygen atoms in total. The van der Waals surface area contributed by atoms with Crippen LogP contribution in [-0.2, 0) is 4.79 Å². The summed E-state index contributed by atoms with van der Waals surface area (Å²) in [7, 11) is 5.82. The van der Waals surface area contributed by atoms with E-state index in [4.69, 9.17) is 12.6 Å². The molecule has 1 aliphatic heterocycles. The maximum Gasteiger partial charge on any atom is 0.321 e. The summed E-state index contributed by atoms with van der Waals surface area (Å²) in [6.07, 6.45) is 0.784. The molecule has 2 unspecified atom stereocenters. The molecule has 1 aliphatic rings. The molecule has 0 spiro atoms. The average molecular weight is 312 g/mol. The van der Waals surface area contributed by atoms with Gasteiger partial charge in [-0.3, -0.25) is 10.1 Å². The third-order valence-corrected chi connectivity index (χ3v) is 4.45. The van der Waals surface area contributed by atoms with E-state index in [-0.39, 0.29) is 12.1 Å². The SMILES string of the molecule is [B]c1ccc2c(c1)C(NC(=O)NC=O)CC(c1cccs1)O2. The lowest BCUT2D eigenvalue weighted by molar-refractivity contribution is -0.108. The van der Waals surface area contributed by atoms with Crippen LogP contribution < -0.4 is 20.8 Å². The molecule has 22 heavy (non-hydrogen) atoms. The van der Waals surface area contributed by atoms with Gasteiger partial charge in [0.25, 0.3) is 0 Å². The monoisotopic (exact) mass is 312 g/mol. The number of ether oxygens (including phenoxy) is 1. The van der Waals surface area contributed by atoms with Crippen LogP contribution in [0.2, 0.25) is 0 Å². The molecule has 0 saturated heterocycles. The maximum atomic E-state index is 11.7. The second kappa shape index (κ2) is 6.23. The fraction of sp³-hybridized carbons (Fsp3) is 0.200. The molecule has 2 radical (unpaired) electrons. The molecule has 0 fully saturated rings. The summed E-state index contributed by atoms with van der Waals surface area (Å²) in [5.41, 5.74) is 1.41. The molecule has 2 N–H and O–H groups in total. The Hall–Kier alpha value is -2.28. The van der Waals surface area contributed by atoms with Crippen molar-refractivity contribution in [2.24, 2.45) is 0 Å². The predicted molar refractivity (Wildman–Crippen MR) is 84.6 cm³/mol. The van der Waals surface area contributed by atoms with Gasteiger partial charge >= 0.3 is 6.03 Å². The number of nitrogens with one attached hydrogen (secondary N) is 2. The molecule has 1 aromatic heterocycles. The molecule has 2 heterocycles. The molecular weight excluding hydrogens is 299 g/mol. The minimum absolute atomic E-state index is 0.141. The van der Waals surface area contributed by atoms with Crippen molar-refractivity contribution in [2.45, 2.75) is 18.6 Å². The molecule has 0 bridgehead atoms. The van der Waals surface area contributed by atoms with Gasteiger partial charge in [-0.25, -0.2) is 4.79 Å². The largest absolute Gasteiger partial charge is 0.484 e. The Balaban J connectivity index is 1.90. The molecule has 3 rings (SSSR count). The molecule has 1 aromatic carbocycles. The zero-order valence-corrected chi connectivity index (χ0v) is 12.4. The summed E-state index contributed by atoms with van der Waals surface area (Å²) in [5, 5.41) is 6.86. The smallest absolute Gasteiger partial charge is 0.321 e. The summed E-state index contributed by atoms with van der Waals surface area (Å²) in [4.78, 5) is 23.2. The number of rotatable bonds is 3. The number of fused-ring (bicyclic) bond motifs is 1. The highest BCUT2D eigenvalue weighted by Gasteiger charge is 2.30. The van der Waals surface area contributed by atoms with Gasteiger partial charge in [-0.05, 0) is 17.5 Å². The fourth-order valence-electron chi connectivity index (χ4n) is 2.53. The average Bonchev–Trinajstić information content (AvgIpc) is 3.02. The molecular formula is C15H13BN2O3S. The van der Waals surface area contributed by atoms with Gasteiger partial charge < -0.3 is 10.1 Å². The lowest BCUT2D eigenvalue weighted by atomic mass is 9.88. The Labute approximate surface area is 133 Å². The maximum absolute atomic E-state index is 11.7. The predicted octanol–water partition coefficient (Wildman–Crippen LogP) is 1.56. The first-order valence-electron chi connectivity index (χ1n) is 6.77. The van der Waals surface area contributed by atoms with Crippen LogP contribution in [0.15, 0.2) is 35.7 Å². The van der Waals surface area contributed by atoms with Crippen molar-refractivity contribution in [2.75, 3.05) is 0 Å². The summed E-state index contributed by atoms with van der Waals surface area (Å²) >= 11 is 1.60. The normalized spacial score (nSPS) is 19.6. The van der Waals surface area contributed by atoms with Crippen LogP contribution >= 0.6 is 11.3 Å². The minimum Gasteiger partial charge on any atom is -0.484 e. The second-order valence-corrected chi connectivity index (χ2v) is 5.92. The van der Waals surface area contributed by atoms with E-state index in [9.17, 15) is 9.59 Å². The van der Waals surface area contributed by atoms with Crippen LogP contribution in [-0.4, -0.2) is 20.3 Å². The number of hydrogen-bond acceptors (Lipinski definition) is 4. The zero-order valence-electron chi connectivity index (χ0n) is 11.6. The zero-order chi connectivity index (χ0) is 15.5. The van der Waals surface area contributed by atoms with E-state index >= 15 is 0 Å². The van der Waals surface area contributed by atoms with Crippen molar-refractivity contribution in [3.8, 4) is 5.75 Å². The van der Waals surface area contributed by atoms with Crippen molar-refractivity contribution in [3.05, 3.63) is 46.2 Å². The van der Waals surface area contributed by atoms with Crippen LogP contribution in [0.3, 0.4) is 0 Å². The molecule has 3 amide bonds. The number of carbonyl (C=O) groups excluding carboxylic acids is 2. The molecule has 0 saturated carbocycles. The van der Waals surface area contributed by atoms with E-state index in [2.05, 4.69) is 10.6 Å². The third-order valence-electron chi connectivity index (χ3n) is 3.48. The van der Waals surface area contributed by atoms with Gasteiger partial charge in [0.2, 0.25) is 6.41 Å². The Morgan fingerprint density at radius 1 is 1.41 bits per heavy atom. The highest BCUT2D eigenvalue weighted by molar-refractivity contribution is 7.10. The summed E-state index contributed by atoms with van der Waals surface area (Å²) in [6, 6.07) is 8.49. The second-order valence-electron chi connectivity index (χ2n) is 4.94. The van der Waals surface area contributed by atoms with Crippen LogP contribution in [0.25, 0.3) is 0 Å². The van der Waals surface area contributed by atoms with Gasteiger partial charge in [-0.2, -0.15) is 0 Å². The van der Waals surface area contributed by atoms with Crippen molar-refractivity contribution in [1.82, 2.24) is 10.6 Å². The van der Waals surface area contributed by atoms with Crippen LogP contribution in [0.5, 0.6) is 5.75 Å². The summed E-state index contributed by atoms with van der Waals surface area (Å²) in [6.45, 7) is 0. The Morgan fingerprint density at radius 3 is 3.00 bits per heavy atom. The first-order chi connectivity index (χ1) is 10.7. The van der Waals surface area contributed by atoms with Crippen LogP contribution in [0, 0.1) is 0 Å². The van der Waals surface area contributed by atoms with Crippen LogP contribution in [0.4, 0.5) is 4.79 Å². The Bertz CT molecular complexity index is 690. The van der Waals surface area contributed by atoms with E-state index in [0.717, 1.165) is 10.4 Å². The van der Waals surface area contributed by atoms with E-state index in [0.29, 0.717) is 24.0 Å². The molecule has 7 heteroatoms. The topological polar surface area (TPSA) is 67.4 Å². The Morgan fingerprint density at radius 2 is 2.27 bits per heavy atom. The lowest BCUT2D eigenvalue weighted by Crippen LogP contribution is -2.39. The number of imide groups is 1. The van der Waals surface area contributed by atoms with Crippen molar-refractivity contribution in [3.63, 3.8) is 0 Å². The first kappa shape index (κ1) is 14.7. The van der Waals surface area contributed by atoms with E-state index in [1.54, 1.807) is 29.5 Å².